The number of carbonyl (C=O) groups is 1. The number of ketones is 1. The molecule has 28 heavy (non-hydrogen) atoms. The van der Waals surface area contributed by atoms with Gasteiger partial charge in [0.15, 0.2) is 5.76 Å². The van der Waals surface area contributed by atoms with E-state index in [-0.39, 0.29) is 11.5 Å². The molecule has 0 unspecified atom stereocenters. The fourth-order valence-corrected chi connectivity index (χ4v) is 4.15. The van der Waals surface area contributed by atoms with Crippen LogP contribution in [0.5, 0.6) is 11.5 Å². The molecule has 3 heterocycles. The summed E-state index contributed by atoms with van der Waals surface area (Å²) < 4.78 is 6.01. The molecule has 2 aromatic carbocycles. The summed E-state index contributed by atoms with van der Waals surface area (Å²) in [5.74, 6) is 0.845. The number of hydrogen-bond acceptors (Lipinski definition) is 4. The second kappa shape index (κ2) is 6.84. The van der Waals surface area contributed by atoms with Crippen molar-refractivity contribution in [2.45, 2.75) is 25.8 Å². The number of hydrogen-bond donors (Lipinski definition) is 2. The molecule has 1 aromatic heterocycles. The summed E-state index contributed by atoms with van der Waals surface area (Å²) in [4.78, 5) is 18.4. The highest BCUT2D eigenvalue weighted by atomic mass is 16.5. The van der Waals surface area contributed by atoms with Crippen LogP contribution in [0.4, 0.5) is 0 Å². The van der Waals surface area contributed by atoms with E-state index in [1.54, 1.807) is 18.2 Å². The Kier molecular flexibility index (Phi) is 4.17. The Morgan fingerprint density at radius 1 is 1.11 bits per heavy atom. The number of para-hydroxylation sites is 1. The number of phenols is 1. The van der Waals surface area contributed by atoms with E-state index in [2.05, 4.69) is 9.88 Å². The quantitative estimate of drug-likeness (QED) is 0.664. The number of allylic oxidation sites excluding steroid dienone is 1. The van der Waals surface area contributed by atoms with E-state index in [1.807, 2.05) is 30.5 Å². The zero-order valence-electron chi connectivity index (χ0n) is 15.6. The second-order valence-corrected chi connectivity index (χ2v) is 7.51. The third kappa shape index (κ3) is 2.88. The SMILES string of the molecule is O=C1/C(=C\c2c[nH]c3ccccc23)Oc2c1ccc(O)c2CN1CCCCC1. The first-order valence-corrected chi connectivity index (χ1v) is 9.78. The number of Topliss-reactive ketones (excluding diaryl/α,β-unsaturated/α-hetero) is 1. The number of aromatic nitrogens is 1. The lowest BCUT2D eigenvalue weighted by Gasteiger charge is -2.27. The normalized spacial score (nSPS) is 18.6. The molecule has 142 valence electrons. The lowest BCUT2D eigenvalue weighted by atomic mass is 10.0. The van der Waals surface area contributed by atoms with Crippen LogP contribution in [0.1, 0.15) is 40.7 Å². The van der Waals surface area contributed by atoms with Gasteiger partial charge in [0.2, 0.25) is 5.78 Å². The molecule has 0 atom stereocenters. The van der Waals surface area contributed by atoms with E-state index in [1.165, 1.54) is 19.3 Å². The topological polar surface area (TPSA) is 65.6 Å². The molecular formula is C23H22N2O3. The molecule has 1 saturated heterocycles. The van der Waals surface area contributed by atoms with Gasteiger partial charge in [0, 0.05) is 29.2 Å². The molecular weight excluding hydrogens is 352 g/mol. The molecule has 0 saturated carbocycles. The van der Waals surface area contributed by atoms with Gasteiger partial charge < -0.3 is 14.8 Å². The van der Waals surface area contributed by atoms with Crippen molar-refractivity contribution < 1.29 is 14.6 Å². The van der Waals surface area contributed by atoms with Gasteiger partial charge in [-0.1, -0.05) is 24.6 Å². The van der Waals surface area contributed by atoms with Gasteiger partial charge in [-0.15, -0.1) is 0 Å². The number of carbonyl (C=O) groups excluding carboxylic acids is 1. The summed E-state index contributed by atoms with van der Waals surface area (Å²) in [5.41, 5.74) is 3.15. The van der Waals surface area contributed by atoms with Crippen LogP contribution in [0.2, 0.25) is 0 Å². The van der Waals surface area contributed by atoms with Gasteiger partial charge >= 0.3 is 0 Å². The van der Waals surface area contributed by atoms with Crippen molar-refractivity contribution in [3.8, 4) is 11.5 Å². The molecule has 2 N–H and O–H groups in total. The minimum atomic E-state index is -0.139. The lowest BCUT2D eigenvalue weighted by molar-refractivity contribution is 0.101. The maximum absolute atomic E-state index is 12.9. The molecule has 2 aliphatic rings. The van der Waals surface area contributed by atoms with E-state index < -0.39 is 0 Å². The summed E-state index contributed by atoms with van der Waals surface area (Å²) in [5, 5.41) is 11.5. The summed E-state index contributed by atoms with van der Waals surface area (Å²) >= 11 is 0. The number of likely N-dealkylation sites (tertiary alicyclic amines) is 1. The van der Waals surface area contributed by atoms with Gasteiger partial charge in [-0.25, -0.2) is 0 Å². The van der Waals surface area contributed by atoms with Crippen molar-refractivity contribution in [1.29, 1.82) is 0 Å². The Labute approximate surface area is 163 Å². The first-order valence-electron chi connectivity index (χ1n) is 9.78. The molecule has 0 aliphatic carbocycles. The average molecular weight is 374 g/mol. The van der Waals surface area contributed by atoms with Crippen molar-refractivity contribution in [2.24, 2.45) is 0 Å². The highest BCUT2D eigenvalue weighted by Gasteiger charge is 2.32. The molecule has 5 nitrogen and oxygen atoms in total. The van der Waals surface area contributed by atoms with Gasteiger partial charge in [-0.05, 0) is 50.2 Å². The molecule has 0 amide bonds. The zero-order chi connectivity index (χ0) is 19.1. The van der Waals surface area contributed by atoms with Crippen molar-refractivity contribution in [2.75, 3.05) is 13.1 Å². The van der Waals surface area contributed by atoms with Crippen LogP contribution in [0.25, 0.3) is 17.0 Å². The molecule has 5 heteroatoms. The van der Waals surface area contributed by atoms with Crippen LogP contribution >= 0.6 is 0 Å². The summed E-state index contributed by atoms with van der Waals surface area (Å²) in [6.45, 7) is 2.62. The van der Waals surface area contributed by atoms with Crippen LogP contribution < -0.4 is 4.74 Å². The Morgan fingerprint density at radius 3 is 2.79 bits per heavy atom. The fraction of sp³-hybridized carbons (Fsp3) is 0.261. The average Bonchev–Trinajstić information content (AvgIpc) is 3.27. The standard InChI is InChI=1S/C23H22N2O3/c26-20-9-8-17-22(27)21(12-15-13-24-19-7-3-2-6-16(15)19)28-23(17)18(20)14-25-10-4-1-5-11-25/h2-3,6-9,12-13,24,26H,1,4-5,10-11,14H2/b21-12+. The van der Waals surface area contributed by atoms with Crippen LogP contribution in [0, 0.1) is 0 Å². The maximum Gasteiger partial charge on any atom is 0.231 e. The summed E-state index contributed by atoms with van der Waals surface area (Å²) in [6.07, 6.45) is 7.25. The van der Waals surface area contributed by atoms with Gasteiger partial charge in [-0.3, -0.25) is 9.69 Å². The Bertz CT molecular complexity index is 1090. The molecule has 5 rings (SSSR count). The third-order valence-electron chi connectivity index (χ3n) is 5.65. The number of aromatic hydroxyl groups is 1. The van der Waals surface area contributed by atoms with E-state index in [4.69, 9.17) is 4.74 Å². The van der Waals surface area contributed by atoms with Crippen molar-refractivity contribution >= 4 is 22.8 Å². The van der Waals surface area contributed by atoms with Crippen LogP contribution in [-0.2, 0) is 6.54 Å². The van der Waals surface area contributed by atoms with Gasteiger partial charge in [-0.2, -0.15) is 0 Å². The predicted molar refractivity (Wildman–Crippen MR) is 108 cm³/mol. The van der Waals surface area contributed by atoms with Crippen LogP contribution in [0.15, 0.2) is 48.4 Å². The predicted octanol–water partition coefficient (Wildman–Crippen LogP) is 4.48. The van der Waals surface area contributed by atoms with Crippen molar-refractivity contribution in [3.05, 3.63) is 65.0 Å². The fourth-order valence-electron chi connectivity index (χ4n) is 4.15. The number of ether oxygens (including phenoxy) is 1. The zero-order valence-corrected chi connectivity index (χ0v) is 15.6. The van der Waals surface area contributed by atoms with E-state index in [0.717, 1.165) is 29.6 Å². The molecule has 1 fully saturated rings. The van der Waals surface area contributed by atoms with E-state index >= 15 is 0 Å². The number of piperidine rings is 1. The third-order valence-corrected chi connectivity index (χ3v) is 5.65. The van der Waals surface area contributed by atoms with E-state index in [9.17, 15) is 9.90 Å². The maximum atomic E-state index is 12.9. The number of nitrogens with zero attached hydrogens (tertiary/aromatic N) is 1. The number of H-pyrrole nitrogens is 1. The largest absolute Gasteiger partial charge is 0.507 e. The number of aromatic amines is 1. The van der Waals surface area contributed by atoms with Crippen molar-refractivity contribution in [1.82, 2.24) is 9.88 Å². The molecule has 0 spiro atoms. The molecule has 0 bridgehead atoms. The Hall–Kier alpha value is -3.05. The van der Waals surface area contributed by atoms with Crippen LogP contribution in [-0.4, -0.2) is 33.9 Å². The summed E-state index contributed by atoms with van der Waals surface area (Å²) in [6, 6.07) is 11.2. The number of nitrogens with one attached hydrogen (secondary N) is 1. The number of rotatable bonds is 3. The molecule has 3 aromatic rings. The lowest BCUT2D eigenvalue weighted by Crippen LogP contribution is -2.29. The van der Waals surface area contributed by atoms with Crippen molar-refractivity contribution in [3.63, 3.8) is 0 Å². The first-order chi connectivity index (χ1) is 13.7. The Balaban J connectivity index is 1.50. The molecule has 2 aliphatic heterocycles. The number of benzene rings is 2. The number of fused-ring (bicyclic) bond motifs is 2. The second-order valence-electron chi connectivity index (χ2n) is 7.51. The van der Waals surface area contributed by atoms with E-state index in [0.29, 0.717) is 29.2 Å². The summed E-state index contributed by atoms with van der Waals surface area (Å²) in [7, 11) is 0. The van der Waals surface area contributed by atoms with Gasteiger partial charge in [0.25, 0.3) is 0 Å². The number of phenolic OH excluding ortho intramolecular Hbond substituents is 1. The smallest absolute Gasteiger partial charge is 0.231 e. The highest BCUT2D eigenvalue weighted by Crippen LogP contribution is 2.40. The minimum absolute atomic E-state index is 0.139. The first kappa shape index (κ1) is 17.1. The minimum Gasteiger partial charge on any atom is -0.507 e. The van der Waals surface area contributed by atoms with Gasteiger partial charge in [0.05, 0.1) is 11.1 Å². The van der Waals surface area contributed by atoms with Gasteiger partial charge in [0.1, 0.15) is 11.5 Å². The monoisotopic (exact) mass is 374 g/mol. The molecule has 0 radical (unpaired) electrons. The van der Waals surface area contributed by atoms with Crippen LogP contribution in [0.3, 0.4) is 0 Å². The Morgan fingerprint density at radius 2 is 1.93 bits per heavy atom. The highest BCUT2D eigenvalue weighted by molar-refractivity contribution is 6.15.